The van der Waals surface area contributed by atoms with Crippen LogP contribution in [0.5, 0.6) is 0 Å². The molecule has 0 spiro atoms. The van der Waals surface area contributed by atoms with Gasteiger partial charge in [0.15, 0.2) is 0 Å². The molecule has 0 aliphatic rings. The van der Waals surface area contributed by atoms with Gasteiger partial charge in [0, 0.05) is 18.6 Å². The molecule has 0 saturated carbocycles. The van der Waals surface area contributed by atoms with Crippen molar-refractivity contribution in [3.8, 4) is 0 Å². The SMILES string of the molecule is CC(C)c1ccc2nccn2c1. The van der Waals surface area contributed by atoms with Gasteiger partial charge in [-0.2, -0.15) is 0 Å². The van der Waals surface area contributed by atoms with Crippen molar-refractivity contribution in [2.45, 2.75) is 19.8 Å². The molecule has 2 aromatic rings. The average molecular weight is 160 g/mol. The summed E-state index contributed by atoms with van der Waals surface area (Å²) in [5.41, 5.74) is 2.36. The predicted octanol–water partition coefficient (Wildman–Crippen LogP) is 2.46. The van der Waals surface area contributed by atoms with Crippen LogP contribution in [0.3, 0.4) is 0 Å². The molecule has 12 heavy (non-hydrogen) atoms. The lowest BCUT2D eigenvalue weighted by molar-refractivity contribution is 0.854. The molecule has 62 valence electrons. The van der Waals surface area contributed by atoms with E-state index in [0.717, 1.165) is 5.65 Å². The van der Waals surface area contributed by atoms with Crippen molar-refractivity contribution >= 4 is 5.65 Å². The number of imidazole rings is 1. The molecule has 0 aliphatic carbocycles. The van der Waals surface area contributed by atoms with Gasteiger partial charge in [0.05, 0.1) is 0 Å². The lowest BCUT2D eigenvalue weighted by atomic mass is 10.1. The van der Waals surface area contributed by atoms with E-state index in [1.54, 1.807) is 0 Å². The molecule has 0 aliphatic heterocycles. The Morgan fingerprint density at radius 3 is 2.92 bits per heavy atom. The first-order chi connectivity index (χ1) is 5.77. The molecule has 2 rings (SSSR count). The smallest absolute Gasteiger partial charge is 0.136 e. The summed E-state index contributed by atoms with van der Waals surface area (Å²) in [6.45, 7) is 4.39. The van der Waals surface area contributed by atoms with E-state index in [2.05, 4.69) is 41.6 Å². The number of fused-ring (bicyclic) bond motifs is 1. The van der Waals surface area contributed by atoms with Crippen molar-refractivity contribution < 1.29 is 0 Å². The summed E-state index contributed by atoms with van der Waals surface area (Å²) in [7, 11) is 0. The Balaban J connectivity index is 2.60. The van der Waals surface area contributed by atoms with E-state index >= 15 is 0 Å². The van der Waals surface area contributed by atoms with Gasteiger partial charge in [-0.25, -0.2) is 4.98 Å². The Bertz CT molecular complexity index is 387. The van der Waals surface area contributed by atoms with Crippen LogP contribution in [-0.2, 0) is 0 Å². The molecule has 0 unspecified atom stereocenters. The molecule has 0 fully saturated rings. The highest BCUT2D eigenvalue weighted by molar-refractivity contribution is 5.39. The van der Waals surface area contributed by atoms with Gasteiger partial charge < -0.3 is 4.40 Å². The number of nitrogens with zero attached hydrogens (tertiary/aromatic N) is 2. The Hall–Kier alpha value is -1.31. The molecule has 0 radical (unpaired) electrons. The summed E-state index contributed by atoms with van der Waals surface area (Å²) in [4.78, 5) is 4.18. The number of aromatic nitrogens is 2. The van der Waals surface area contributed by atoms with Crippen LogP contribution in [-0.4, -0.2) is 9.38 Å². The molecule has 2 heterocycles. The Labute approximate surface area is 71.9 Å². The third-order valence-corrected chi connectivity index (χ3v) is 2.08. The van der Waals surface area contributed by atoms with Crippen molar-refractivity contribution in [2.24, 2.45) is 0 Å². The fourth-order valence-electron chi connectivity index (χ4n) is 1.28. The second kappa shape index (κ2) is 2.63. The molecule has 0 atom stereocenters. The molecular formula is C10H12N2. The minimum atomic E-state index is 0.580. The monoisotopic (exact) mass is 160 g/mol. The minimum absolute atomic E-state index is 0.580. The maximum Gasteiger partial charge on any atom is 0.136 e. The number of pyridine rings is 1. The summed E-state index contributed by atoms with van der Waals surface area (Å²) >= 11 is 0. The van der Waals surface area contributed by atoms with Crippen molar-refractivity contribution in [2.75, 3.05) is 0 Å². The van der Waals surface area contributed by atoms with E-state index in [1.165, 1.54) is 5.56 Å². The molecule has 0 amide bonds. The fraction of sp³-hybridized carbons (Fsp3) is 0.300. The normalized spacial score (nSPS) is 11.2. The predicted molar refractivity (Wildman–Crippen MR) is 49.3 cm³/mol. The van der Waals surface area contributed by atoms with Gasteiger partial charge in [0.1, 0.15) is 5.65 Å². The molecular weight excluding hydrogens is 148 g/mol. The quantitative estimate of drug-likeness (QED) is 0.626. The van der Waals surface area contributed by atoms with Gasteiger partial charge in [-0.1, -0.05) is 19.9 Å². The van der Waals surface area contributed by atoms with Crippen molar-refractivity contribution in [3.63, 3.8) is 0 Å². The van der Waals surface area contributed by atoms with Crippen LogP contribution in [0, 0.1) is 0 Å². The maximum absolute atomic E-state index is 4.18. The summed E-state index contributed by atoms with van der Waals surface area (Å²) in [5, 5.41) is 0. The maximum atomic E-state index is 4.18. The van der Waals surface area contributed by atoms with Crippen molar-refractivity contribution in [1.82, 2.24) is 9.38 Å². The summed E-state index contributed by atoms with van der Waals surface area (Å²) < 4.78 is 2.05. The van der Waals surface area contributed by atoms with E-state index in [9.17, 15) is 0 Å². The molecule has 0 aromatic carbocycles. The van der Waals surface area contributed by atoms with E-state index in [1.807, 2.05) is 12.4 Å². The van der Waals surface area contributed by atoms with Gasteiger partial charge in [-0.3, -0.25) is 0 Å². The highest BCUT2D eigenvalue weighted by Gasteiger charge is 1.99. The highest BCUT2D eigenvalue weighted by atomic mass is 15.0. The van der Waals surface area contributed by atoms with Gasteiger partial charge in [-0.15, -0.1) is 0 Å². The van der Waals surface area contributed by atoms with Crippen LogP contribution in [0.1, 0.15) is 25.3 Å². The topological polar surface area (TPSA) is 17.3 Å². The van der Waals surface area contributed by atoms with Crippen LogP contribution in [0.2, 0.25) is 0 Å². The zero-order valence-corrected chi connectivity index (χ0v) is 7.36. The zero-order chi connectivity index (χ0) is 8.55. The largest absolute Gasteiger partial charge is 0.307 e. The van der Waals surface area contributed by atoms with Crippen LogP contribution >= 0.6 is 0 Å². The summed E-state index contributed by atoms with van der Waals surface area (Å²) in [5.74, 6) is 0.580. The second-order valence-electron chi connectivity index (χ2n) is 3.31. The lowest BCUT2D eigenvalue weighted by Crippen LogP contribution is -1.91. The van der Waals surface area contributed by atoms with E-state index < -0.39 is 0 Å². The first-order valence-corrected chi connectivity index (χ1v) is 4.20. The van der Waals surface area contributed by atoms with Gasteiger partial charge >= 0.3 is 0 Å². The van der Waals surface area contributed by atoms with Crippen LogP contribution in [0.15, 0.2) is 30.7 Å². The van der Waals surface area contributed by atoms with Gasteiger partial charge in [0.25, 0.3) is 0 Å². The second-order valence-corrected chi connectivity index (χ2v) is 3.31. The van der Waals surface area contributed by atoms with E-state index in [4.69, 9.17) is 0 Å². The third-order valence-electron chi connectivity index (χ3n) is 2.08. The van der Waals surface area contributed by atoms with E-state index in [-0.39, 0.29) is 0 Å². The van der Waals surface area contributed by atoms with Crippen LogP contribution in [0.25, 0.3) is 5.65 Å². The molecule has 0 bridgehead atoms. The summed E-state index contributed by atoms with van der Waals surface area (Å²) in [6, 6.07) is 4.18. The van der Waals surface area contributed by atoms with Crippen molar-refractivity contribution in [3.05, 3.63) is 36.3 Å². The Morgan fingerprint density at radius 2 is 2.17 bits per heavy atom. The first kappa shape index (κ1) is 7.35. The average Bonchev–Trinajstić information content (AvgIpc) is 2.49. The fourth-order valence-corrected chi connectivity index (χ4v) is 1.28. The third kappa shape index (κ3) is 1.09. The molecule has 0 saturated heterocycles. The Kier molecular flexibility index (Phi) is 1.61. The number of hydrogen-bond donors (Lipinski definition) is 0. The van der Waals surface area contributed by atoms with Crippen LogP contribution in [0.4, 0.5) is 0 Å². The minimum Gasteiger partial charge on any atom is -0.307 e. The Morgan fingerprint density at radius 1 is 1.33 bits per heavy atom. The van der Waals surface area contributed by atoms with E-state index in [0.29, 0.717) is 5.92 Å². The number of hydrogen-bond acceptors (Lipinski definition) is 1. The molecule has 2 aromatic heterocycles. The lowest BCUT2D eigenvalue weighted by Gasteiger charge is -2.04. The van der Waals surface area contributed by atoms with Crippen LogP contribution < -0.4 is 0 Å². The zero-order valence-electron chi connectivity index (χ0n) is 7.36. The van der Waals surface area contributed by atoms with Crippen molar-refractivity contribution in [1.29, 1.82) is 0 Å². The molecule has 0 N–H and O–H groups in total. The number of rotatable bonds is 1. The standard InChI is InChI=1S/C10H12N2/c1-8(2)9-3-4-10-11-5-6-12(10)7-9/h3-8H,1-2H3. The van der Waals surface area contributed by atoms with Gasteiger partial charge in [0.2, 0.25) is 0 Å². The first-order valence-electron chi connectivity index (χ1n) is 4.20. The van der Waals surface area contributed by atoms with Gasteiger partial charge in [-0.05, 0) is 17.5 Å². The highest BCUT2D eigenvalue weighted by Crippen LogP contribution is 2.14. The molecule has 2 heteroatoms. The molecule has 2 nitrogen and oxygen atoms in total. The summed E-state index contributed by atoms with van der Waals surface area (Å²) in [6.07, 6.45) is 5.92.